The number of carbonyl (C=O) groups excluding carboxylic acids is 1. The van der Waals surface area contributed by atoms with Gasteiger partial charge in [0, 0.05) is 5.10 Å². The number of hydrogen-bond donors (Lipinski definition) is 0. The van der Waals surface area contributed by atoms with Crippen LogP contribution in [0.5, 0.6) is 0 Å². The molecule has 0 saturated heterocycles. The van der Waals surface area contributed by atoms with Crippen LogP contribution in [0.4, 0.5) is 0 Å². The fraction of sp³-hybridized carbons (Fsp3) is 0.600. The van der Waals surface area contributed by atoms with E-state index < -0.39 is 13.6 Å². The van der Waals surface area contributed by atoms with Crippen molar-refractivity contribution in [2.45, 2.75) is 19.6 Å². The molecule has 0 unspecified atom stereocenters. The zero-order chi connectivity index (χ0) is 8.36. The van der Waals surface area contributed by atoms with Crippen molar-refractivity contribution in [1.29, 1.82) is 0 Å². The van der Waals surface area contributed by atoms with Crippen LogP contribution in [-0.4, -0.2) is 19.6 Å². The third-order valence-corrected chi connectivity index (χ3v) is 3.95. The minimum atomic E-state index is -1.62. The van der Waals surface area contributed by atoms with Crippen LogP contribution in [0.2, 0.25) is 19.6 Å². The largest absolute Gasteiger partial charge is 0.385 e. The zero-order valence-corrected chi connectivity index (χ0v) is 8.75. The monoisotopic (exact) mass is 194 g/mol. The van der Waals surface area contributed by atoms with Gasteiger partial charge >= 0.3 is 5.54 Å². The van der Waals surface area contributed by atoms with Crippen LogP contribution in [-0.2, 0) is 4.79 Å². The first kappa shape index (κ1) is 10.3. The smallest absolute Gasteiger partial charge is 0.235 e. The van der Waals surface area contributed by atoms with Crippen molar-refractivity contribution in [3.8, 4) is 0 Å². The summed E-state index contributed by atoms with van der Waals surface area (Å²) in [6.45, 7) is 6.01. The number of hydrogen-bond acceptors (Lipinski definition) is 1. The maximum absolute atomic E-state index is 10.3. The van der Waals surface area contributed by atoms with Crippen LogP contribution >= 0.6 is 22.9 Å². The van der Waals surface area contributed by atoms with Gasteiger partial charge in [-0.2, -0.15) is 22.9 Å². The second-order valence-corrected chi connectivity index (χ2v) is 9.20. The molecule has 0 radical (unpaired) electrons. The molecule has 0 spiro atoms. The summed E-state index contributed by atoms with van der Waals surface area (Å²) < 4.78 is 0. The molecule has 0 rings (SSSR count). The Labute approximate surface area is 72.3 Å². The first-order valence-corrected chi connectivity index (χ1v) is 7.30. The summed E-state index contributed by atoms with van der Waals surface area (Å²) in [4.78, 5) is 10.3. The van der Waals surface area contributed by atoms with Crippen LogP contribution in [0.3, 0.4) is 0 Å². The molecule has 0 bridgehead atoms. The van der Waals surface area contributed by atoms with Crippen molar-refractivity contribution in [3.05, 3.63) is 5.10 Å². The molecule has 1 nitrogen and oxygen atoms in total. The van der Waals surface area contributed by atoms with Crippen LogP contribution < -0.4 is 0 Å². The predicted molar refractivity (Wildman–Crippen MR) is 50.0 cm³/mol. The van der Waals surface area contributed by atoms with Gasteiger partial charge in [0.2, 0.25) is 0 Å². The Morgan fingerprint density at radius 3 is 1.80 bits per heavy atom. The summed E-state index contributed by atoms with van der Waals surface area (Å²) in [6.07, 6.45) is 0. The van der Waals surface area contributed by atoms with E-state index in [1.165, 1.54) is 0 Å². The first-order valence-electron chi connectivity index (χ1n) is 2.93. The van der Waals surface area contributed by atoms with Crippen LogP contribution in [0, 0.1) is 0 Å². The third kappa shape index (κ3) is 2.93. The van der Waals surface area contributed by atoms with E-state index in [1.807, 2.05) is 19.6 Å². The molecule has 0 saturated carbocycles. The van der Waals surface area contributed by atoms with Crippen molar-refractivity contribution in [2.75, 3.05) is 0 Å². The van der Waals surface area contributed by atoms with E-state index in [-0.39, 0.29) is 0 Å². The van der Waals surface area contributed by atoms with Crippen molar-refractivity contribution >= 4 is 42.5 Å². The SMILES string of the molecule is C[Si](C)(C)C(=C=O)B(Cl)Cl. The molecule has 5 heteroatoms. The van der Waals surface area contributed by atoms with E-state index in [9.17, 15) is 4.79 Å². The summed E-state index contributed by atoms with van der Waals surface area (Å²) in [5, 5.41) is 0.538. The van der Waals surface area contributed by atoms with E-state index in [2.05, 4.69) is 0 Å². The summed E-state index contributed by atoms with van der Waals surface area (Å²) in [5.74, 6) is 1.81. The average molecular weight is 195 g/mol. The maximum Gasteiger partial charge on any atom is 0.385 e. The number of halogens is 2. The Bertz CT molecular complexity index is 169. The lowest BCUT2D eigenvalue weighted by molar-refractivity contribution is 0.569. The van der Waals surface area contributed by atoms with Crippen LogP contribution in [0.1, 0.15) is 0 Å². The first-order chi connectivity index (χ1) is 4.39. The van der Waals surface area contributed by atoms with Crippen molar-refractivity contribution in [3.63, 3.8) is 0 Å². The van der Waals surface area contributed by atoms with Crippen molar-refractivity contribution in [1.82, 2.24) is 0 Å². The quantitative estimate of drug-likeness (QED) is 0.487. The van der Waals surface area contributed by atoms with Crippen molar-refractivity contribution in [2.24, 2.45) is 0 Å². The third-order valence-electron chi connectivity index (χ3n) is 1.14. The van der Waals surface area contributed by atoms with E-state index in [1.54, 1.807) is 5.94 Å². The predicted octanol–water partition coefficient (Wildman–Crippen LogP) is 2.13. The fourth-order valence-corrected chi connectivity index (χ4v) is 3.54. The average Bonchev–Trinajstić information content (AvgIpc) is 1.60. The lowest BCUT2D eigenvalue weighted by Gasteiger charge is -2.15. The van der Waals surface area contributed by atoms with Gasteiger partial charge in [0.25, 0.3) is 0 Å². The lowest BCUT2D eigenvalue weighted by atomic mass is 10.1. The molecular formula is C5H9BCl2OSi. The Morgan fingerprint density at radius 1 is 1.40 bits per heavy atom. The van der Waals surface area contributed by atoms with E-state index in [0.29, 0.717) is 5.10 Å². The van der Waals surface area contributed by atoms with E-state index in [0.717, 1.165) is 0 Å². The lowest BCUT2D eigenvalue weighted by Crippen LogP contribution is -2.30. The molecular weight excluding hydrogens is 186 g/mol. The molecule has 56 valence electrons. The standard InChI is InChI=1S/C5H9BCl2OSi/c1-10(2,3)5(4-9)6(7)8/h1-3H3. The minimum absolute atomic E-state index is 0.538. The summed E-state index contributed by atoms with van der Waals surface area (Å²) >= 11 is 11.1. The molecule has 0 aliphatic heterocycles. The highest BCUT2D eigenvalue weighted by molar-refractivity contribution is 7.41. The van der Waals surface area contributed by atoms with Gasteiger partial charge in [0.15, 0.2) is 0 Å². The van der Waals surface area contributed by atoms with Gasteiger partial charge in [-0.3, -0.25) is 0 Å². The molecule has 0 aromatic carbocycles. The Kier molecular flexibility index (Phi) is 3.74. The van der Waals surface area contributed by atoms with Crippen molar-refractivity contribution < 1.29 is 4.79 Å². The van der Waals surface area contributed by atoms with E-state index in [4.69, 9.17) is 22.9 Å². The van der Waals surface area contributed by atoms with Gasteiger partial charge in [-0.05, 0) is 0 Å². The fourth-order valence-electron chi connectivity index (χ4n) is 0.525. The van der Waals surface area contributed by atoms with Gasteiger partial charge in [-0.25, -0.2) is 4.79 Å². The molecule has 0 amide bonds. The molecule has 0 heterocycles. The Balaban J connectivity index is 4.57. The molecule has 0 fully saturated rings. The van der Waals surface area contributed by atoms with Crippen LogP contribution in [0.25, 0.3) is 0 Å². The minimum Gasteiger partial charge on any atom is -0.235 e. The highest BCUT2D eigenvalue weighted by atomic mass is 35.5. The Morgan fingerprint density at radius 2 is 1.80 bits per heavy atom. The number of rotatable bonds is 2. The molecule has 0 N–H and O–H groups in total. The highest BCUT2D eigenvalue weighted by Crippen LogP contribution is 2.18. The molecule has 10 heavy (non-hydrogen) atoms. The second kappa shape index (κ2) is 3.63. The second-order valence-electron chi connectivity index (χ2n) is 3.07. The molecule has 0 aromatic heterocycles. The molecule has 0 aliphatic rings. The molecule has 0 atom stereocenters. The zero-order valence-electron chi connectivity index (χ0n) is 6.24. The highest BCUT2D eigenvalue weighted by Gasteiger charge is 2.28. The van der Waals surface area contributed by atoms with Gasteiger partial charge in [-0.1, -0.05) is 19.6 Å². The van der Waals surface area contributed by atoms with E-state index >= 15 is 0 Å². The van der Waals surface area contributed by atoms with Crippen LogP contribution in [0.15, 0.2) is 5.10 Å². The van der Waals surface area contributed by atoms with Gasteiger partial charge in [0.1, 0.15) is 5.94 Å². The van der Waals surface area contributed by atoms with Gasteiger partial charge in [0.05, 0.1) is 8.07 Å². The summed E-state index contributed by atoms with van der Waals surface area (Å²) in [7, 11) is -1.62. The molecule has 0 aliphatic carbocycles. The molecule has 0 aromatic rings. The summed E-state index contributed by atoms with van der Waals surface area (Å²) in [6, 6.07) is 0. The normalized spacial score (nSPS) is 10.5. The Hall–Kier alpha value is 0.312. The maximum atomic E-state index is 10.3. The van der Waals surface area contributed by atoms with Gasteiger partial charge < -0.3 is 0 Å². The topological polar surface area (TPSA) is 17.1 Å². The summed E-state index contributed by atoms with van der Waals surface area (Å²) in [5.41, 5.74) is -0.677. The van der Waals surface area contributed by atoms with Gasteiger partial charge in [-0.15, -0.1) is 0 Å².